The Hall–Kier alpha value is 0.510. The number of aliphatic hydroxyl groups is 1. The van der Waals surface area contributed by atoms with Gasteiger partial charge < -0.3 is 37.5 Å². The van der Waals surface area contributed by atoms with Gasteiger partial charge in [0.15, 0.2) is 13.2 Å². The Morgan fingerprint density at radius 1 is 0.654 bits per heavy atom. The summed E-state index contributed by atoms with van der Waals surface area (Å²) in [5, 5.41) is 8.56. The Morgan fingerprint density at radius 3 is 1.46 bits per heavy atom. The van der Waals surface area contributed by atoms with E-state index in [1.54, 1.807) is 0 Å². The molecule has 26 heavy (non-hydrogen) atoms. The topological polar surface area (TPSA) is 116 Å². The number of rotatable bonds is 14. The second kappa shape index (κ2) is 13.6. The fourth-order valence-electron chi connectivity index (χ4n) is 0.847. The van der Waals surface area contributed by atoms with Crippen molar-refractivity contribution in [2.45, 2.75) is 12.4 Å². The summed E-state index contributed by atoms with van der Waals surface area (Å²) in [5.41, 5.74) is 0. The maximum Gasteiger partial charge on any atom is 0.412 e. The van der Waals surface area contributed by atoms with Gasteiger partial charge in [-0.15, -0.1) is 0 Å². The highest BCUT2D eigenvalue weighted by atomic mass is 31.2. The minimum absolute atomic E-state index is 0.286. The van der Waals surface area contributed by atoms with Crippen LogP contribution >= 0.6 is 25.8 Å². The molecule has 0 saturated heterocycles. The normalized spacial score (nSPS) is 14.4. The summed E-state index contributed by atoms with van der Waals surface area (Å²) in [6.45, 7) is -5.56. The molecule has 1 unspecified atom stereocenters. The second-order valence-electron chi connectivity index (χ2n) is 3.78. The third-order valence-electron chi connectivity index (χ3n) is 1.57. The Labute approximate surface area is 147 Å². The maximum atomic E-state index is 12.1. The molecule has 0 saturated carbocycles. The molecule has 18 heteroatoms. The van der Waals surface area contributed by atoms with Crippen molar-refractivity contribution in [2.75, 3.05) is 39.6 Å². The molecule has 0 bridgehead atoms. The van der Waals surface area contributed by atoms with Crippen LogP contribution in [0, 0.1) is 0 Å². The van der Waals surface area contributed by atoms with Crippen molar-refractivity contribution in [1.82, 2.24) is 0 Å². The smallest absolute Gasteiger partial charge is 0.394 e. The van der Waals surface area contributed by atoms with E-state index in [1.165, 1.54) is 0 Å². The first-order valence-electron chi connectivity index (χ1n) is 6.28. The summed E-state index contributed by atoms with van der Waals surface area (Å²) in [4.78, 5) is 17.3. The van der Waals surface area contributed by atoms with Gasteiger partial charge in [-0.2, -0.15) is 26.3 Å². The van der Waals surface area contributed by atoms with Gasteiger partial charge in [0.05, 0.1) is 26.4 Å². The van der Waals surface area contributed by atoms with Crippen molar-refractivity contribution in [2.24, 2.45) is 0 Å². The van der Waals surface area contributed by atoms with E-state index in [-0.39, 0.29) is 6.61 Å². The van der Waals surface area contributed by atoms with Crippen LogP contribution in [-0.2, 0) is 26.9 Å². The van der Waals surface area contributed by atoms with Gasteiger partial charge in [-0.1, -0.05) is 0 Å². The number of halogens is 6. The summed E-state index contributed by atoms with van der Waals surface area (Å²) < 4.78 is 99.2. The molecule has 0 aliphatic rings. The van der Waals surface area contributed by atoms with E-state index >= 15 is 0 Å². The molecule has 1 atom stereocenters. The minimum atomic E-state index is -4.80. The molecule has 0 aromatic carbocycles. The van der Waals surface area contributed by atoms with Gasteiger partial charge in [0, 0.05) is 0 Å². The van der Waals surface area contributed by atoms with E-state index in [9.17, 15) is 26.3 Å². The molecular formula is C8H15F6O9P3. The highest BCUT2D eigenvalue weighted by molar-refractivity contribution is 7.54. The molecule has 0 heterocycles. The molecule has 0 aromatic rings. The van der Waals surface area contributed by atoms with E-state index in [2.05, 4.69) is 17.9 Å². The summed E-state index contributed by atoms with van der Waals surface area (Å²) in [6, 6.07) is 0. The van der Waals surface area contributed by atoms with E-state index in [0.29, 0.717) is 0 Å². The van der Waals surface area contributed by atoms with Crippen molar-refractivity contribution in [1.29, 1.82) is 0 Å². The molecule has 0 aliphatic carbocycles. The Bertz CT molecular complexity index is 343. The van der Waals surface area contributed by atoms with Gasteiger partial charge in [-0.3, -0.25) is 0 Å². The Morgan fingerprint density at radius 2 is 1.08 bits per heavy atom. The number of hydrogen-bond acceptors (Lipinski definition) is 9. The van der Waals surface area contributed by atoms with Crippen LogP contribution in [0.2, 0.25) is 0 Å². The summed E-state index contributed by atoms with van der Waals surface area (Å²) in [7, 11) is -8.18. The predicted octanol–water partition coefficient (Wildman–Crippen LogP) is 2.87. The largest absolute Gasteiger partial charge is 0.412 e. The SMILES string of the molecule is OCCOP(OCCOP(OCC(F)(F)F)OCC(F)(F)F)OP(O)O. The first kappa shape index (κ1) is 26.5. The van der Waals surface area contributed by atoms with Gasteiger partial charge in [0.25, 0.3) is 0 Å². The predicted molar refractivity (Wildman–Crippen MR) is 75.2 cm³/mol. The van der Waals surface area contributed by atoms with Gasteiger partial charge in [0.1, 0.15) is 0 Å². The van der Waals surface area contributed by atoms with Crippen LogP contribution in [-0.4, -0.2) is 66.9 Å². The maximum absolute atomic E-state index is 12.1. The van der Waals surface area contributed by atoms with E-state index in [0.717, 1.165) is 0 Å². The highest BCUT2D eigenvalue weighted by Crippen LogP contribution is 2.50. The zero-order valence-electron chi connectivity index (χ0n) is 12.6. The van der Waals surface area contributed by atoms with Crippen molar-refractivity contribution < 1.29 is 68.2 Å². The van der Waals surface area contributed by atoms with Gasteiger partial charge in [-0.05, 0) is 0 Å². The van der Waals surface area contributed by atoms with Crippen LogP contribution in [0.1, 0.15) is 0 Å². The number of hydrogen-bond donors (Lipinski definition) is 3. The lowest BCUT2D eigenvalue weighted by Crippen LogP contribution is -2.19. The van der Waals surface area contributed by atoms with Crippen LogP contribution in [0.15, 0.2) is 0 Å². The van der Waals surface area contributed by atoms with Crippen molar-refractivity contribution in [3.8, 4) is 0 Å². The average Bonchev–Trinajstić information content (AvgIpc) is 2.48. The fourth-order valence-corrected chi connectivity index (χ4v) is 3.18. The molecular weight excluding hydrogens is 447 g/mol. The number of alkyl halides is 6. The van der Waals surface area contributed by atoms with Crippen molar-refractivity contribution in [3.63, 3.8) is 0 Å². The van der Waals surface area contributed by atoms with Crippen LogP contribution < -0.4 is 0 Å². The summed E-state index contributed by atoms with van der Waals surface area (Å²) >= 11 is 0. The third-order valence-corrected chi connectivity index (χ3v) is 4.55. The molecule has 158 valence electrons. The van der Waals surface area contributed by atoms with Crippen LogP contribution in [0.4, 0.5) is 26.3 Å². The molecule has 0 rings (SSSR count). The Balaban J connectivity index is 4.33. The second-order valence-corrected chi connectivity index (χ2v) is 7.13. The van der Waals surface area contributed by atoms with Crippen LogP contribution in [0.25, 0.3) is 0 Å². The van der Waals surface area contributed by atoms with E-state index in [1.807, 2.05) is 0 Å². The lowest BCUT2D eigenvalue weighted by molar-refractivity contribution is -0.166. The molecule has 3 N–H and O–H groups in total. The van der Waals surface area contributed by atoms with Crippen LogP contribution in [0.5, 0.6) is 0 Å². The molecule has 0 radical (unpaired) electrons. The molecule has 0 aliphatic heterocycles. The zero-order chi connectivity index (χ0) is 20.2. The average molecular weight is 462 g/mol. The molecule has 9 nitrogen and oxygen atoms in total. The fraction of sp³-hybridized carbons (Fsp3) is 1.00. The minimum Gasteiger partial charge on any atom is -0.394 e. The van der Waals surface area contributed by atoms with Crippen molar-refractivity contribution >= 4 is 25.8 Å². The Kier molecular flexibility index (Phi) is 13.9. The lowest BCUT2D eigenvalue weighted by atomic mass is 10.7. The lowest BCUT2D eigenvalue weighted by Gasteiger charge is -2.19. The highest BCUT2D eigenvalue weighted by Gasteiger charge is 2.34. The summed E-state index contributed by atoms with van der Waals surface area (Å²) in [5.74, 6) is 0. The monoisotopic (exact) mass is 462 g/mol. The number of aliphatic hydroxyl groups excluding tert-OH is 1. The first-order chi connectivity index (χ1) is 11.9. The summed E-state index contributed by atoms with van der Waals surface area (Å²) in [6.07, 6.45) is -9.61. The third kappa shape index (κ3) is 17.9. The molecule has 0 spiro atoms. The van der Waals surface area contributed by atoms with E-state index in [4.69, 9.17) is 23.9 Å². The first-order valence-corrected chi connectivity index (χ1v) is 9.63. The quantitative estimate of drug-likeness (QED) is 0.204. The van der Waals surface area contributed by atoms with E-state index < -0.39 is 71.2 Å². The van der Waals surface area contributed by atoms with Crippen molar-refractivity contribution in [3.05, 3.63) is 0 Å². The molecule has 0 fully saturated rings. The zero-order valence-corrected chi connectivity index (χ0v) is 15.3. The standard InChI is InChI=1S/C8H15F6O9P3/c9-7(10,11)5-21-25(22-6-8(12,13)14)19-3-4-20-26(18-2-1-15)23-24(16)17/h15-17H,1-6H2. The van der Waals surface area contributed by atoms with Crippen LogP contribution in [0.3, 0.4) is 0 Å². The van der Waals surface area contributed by atoms with Gasteiger partial charge >= 0.3 is 38.2 Å². The molecule has 0 amide bonds. The van der Waals surface area contributed by atoms with Gasteiger partial charge in [0.2, 0.25) is 0 Å². The molecule has 0 aromatic heterocycles. The van der Waals surface area contributed by atoms with Gasteiger partial charge in [-0.25, -0.2) is 4.31 Å².